The minimum absolute atomic E-state index is 0.0552. The summed E-state index contributed by atoms with van der Waals surface area (Å²) in [6.45, 7) is 0.0859. The molecule has 1 unspecified atom stereocenters. The van der Waals surface area contributed by atoms with Crippen molar-refractivity contribution in [2.75, 3.05) is 6.61 Å². The van der Waals surface area contributed by atoms with E-state index in [1.807, 2.05) is 0 Å². The molecule has 1 N–H and O–H groups in total. The molecule has 120 valence electrons. The Hall–Kier alpha value is -2.35. The molecule has 0 bridgehead atoms. The van der Waals surface area contributed by atoms with Crippen LogP contribution >= 0.6 is 11.3 Å². The van der Waals surface area contributed by atoms with Gasteiger partial charge in [-0.25, -0.2) is 18.6 Å². The van der Waals surface area contributed by atoms with Gasteiger partial charge in [0.25, 0.3) is 0 Å². The lowest BCUT2D eigenvalue weighted by Gasteiger charge is -2.09. The number of carbonyl (C=O) groups is 2. The Morgan fingerprint density at radius 1 is 1.39 bits per heavy atom. The zero-order valence-electron chi connectivity index (χ0n) is 11.8. The van der Waals surface area contributed by atoms with E-state index in [1.165, 1.54) is 11.4 Å². The number of nitrogens with one attached hydrogen (secondary N) is 1. The van der Waals surface area contributed by atoms with E-state index in [2.05, 4.69) is 10.3 Å². The van der Waals surface area contributed by atoms with Crippen molar-refractivity contribution in [3.05, 3.63) is 40.9 Å². The van der Waals surface area contributed by atoms with E-state index >= 15 is 0 Å². The van der Waals surface area contributed by atoms with Crippen molar-refractivity contribution in [1.82, 2.24) is 10.3 Å². The van der Waals surface area contributed by atoms with Gasteiger partial charge >= 0.3 is 5.97 Å². The molecule has 1 fully saturated rings. The largest absolute Gasteiger partial charge is 0.459 e. The summed E-state index contributed by atoms with van der Waals surface area (Å²) in [5.74, 6) is -2.58. The Bertz CT molecular complexity index is 763. The van der Waals surface area contributed by atoms with Gasteiger partial charge in [-0.3, -0.25) is 4.79 Å². The Morgan fingerprint density at radius 2 is 2.22 bits per heavy atom. The summed E-state index contributed by atoms with van der Waals surface area (Å²) in [5, 5.41) is 4.58. The number of esters is 1. The van der Waals surface area contributed by atoms with Crippen LogP contribution in [0.1, 0.15) is 23.3 Å². The molecule has 1 atom stereocenters. The van der Waals surface area contributed by atoms with Crippen LogP contribution in [0.25, 0.3) is 10.6 Å². The maximum atomic E-state index is 13.2. The Morgan fingerprint density at radius 3 is 2.91 bits per heavy atom. The van der Waals surface area contributed by atoms with E-state index in [-0.39, 0.29) is 24.2 Å². The monoisotopic (exact) mass is 338 g/mol. The SMILES string of the molecule is O=C1CCC(COC(=O)c2csc(-c3ccc(F)c(F)c3)n2)N1. The fraction of sp³-hybridized carbons (Fsp3) is 0.267. The summed E-state index contributed by atoms with van der Waals surface area (Å²) >= 11 is 1.13. The molecule has 2 heterocycles. The number of ether oxygens (including phenoxy) is 1. The van der Waals surface area contributed by atoms with E-state index in [9.17, 15) is 18.4 Å². The Balaban J connectivity index is 1.65. The number of hydrogen-bond donors (Lipinski definition) is 1. The summed E-state index contributed by atoms with van der Waals surface area (Å²) in [4.78, 5) is 27.1. The zero-order valence-corrected chi connectivity index (χ0v) is 12.7. The molecule has 1 aromatic carbocycles. The third kappa shape index (κ3) is 3.53. The van der Waals surface area contributed by atoms with Crippen molar-refractivity contribution in [3.63, 3.8) is 0 Å². The molecule has 0 spiro atoms. The second kappa shape index (κ2) is 6.41. The molecular formula is C15H12F2N2O3S. The van der Waals surface area contributed by atoms with Crippen molar-refractivity contribution in [1.29, 1.82) is 0 Å². The van der Waals surface area contributed by atoms with Crippen LogP contribution < -0.4 is 5.32 Å². The van der Waals surface area contributed by atoms with Crippen LogP contribution in [-0.2, 0) is 9.53 Å². The van der Waals surface area contributed by atoms with Crippen molar-refractivity contribution >= 4 is 23.2 Å². The number of benzene rings is 1. The standard InChI is InChI=1S/C15H12F2N2O3S/c16-10-3-1-8(5-11(10)17)14-19-12(7-23-14)15(21)22-6-9-2-4-13(20)18-9/h1,3,5,7,9H,2,4,6H2,(H,18,20). The number of carbonyl (C=O) groups excluding carboxylic acids is 2. The highest BCUT2D eigenvalue weighted by atomic mass is 32.1. The molecule has 3 rings (SSSR count). The van der Waals surface area contributed by atoms with Gasteiger partial charge in [0.15, 0.2) is 17.3 Å². The van der Waals surface area contributed by atoms with Crippen LogP contribution in [-0.4, -0.2) is 29.5 Å². The number of aromatic nitrogens is 1. The smallest absolute Gasteiger partial charge is 0.357 e. The first-order valence-electron chi connectivity index (χ1n) is 6.90. The van der Waals surface area contributed by atoms with Crippen LogP contribution in [0.15, 0.2) is 23.6 Å². The van der Waals surface area contributed by atoms with E-state index in [4.69, 9.17) is 4.74 Å². The number of nitrogens with zero attached hydrogens (tertiary/aromatic N) is 1. The lowest BCUT2D eigenvalue weighted by atomic mass is 10.2. The first-order chi connectivity index (χ1) is 11.0. The normalized spacial score (nSPS) is 17.1. The number of thiazole rings is 1. The molecule has 8 heteroatoms. The molecule has 5 nitrogen and oxygen atoms in total. The fourth-order valence-corrected chi connectivity index (χ4v) is 2.97. The lowest BCUT2D eigenvalue weighted by molar-refractivity contribution is -0.119. The summed E-state index contributed by atoms with van der Waals surface area (Å²) in [6, 6.07) is 3.25. The van der Waals surface area contributed by atoms with Gasteiger partial charge in [-0.15, -0.1) is 11.3 Å². The van der Waals surface area contributed by atoms with Gasteiger partial charge in [0.1, 0.15) is 11.6 Å². The Kier molecular flexibility index (Phi) is 4.33. The van der Waals surface area contributed by atoms with Crippen molar-refractivity contribution in [3.8, 4) is 10.6 Å². The Labute approximate surface area is 134 Å². The first-order valence-corrected chi connectivity index (χ1v) is 7.78. The van der Waals surface area contributed by atoms with Gasteiger partial charge in [0.05, 0.1) is 6.04 Å². The third-order valence-corrected chi connectivity index (χ3v) is 4.27. The molecule has 2 aromatic rings. The van der Waals surface area contributed by atoms with E-state index in [0.29, 0.717) is 23.4 Å². The van der Waals surface area contributed by atoms with Crippen LogP contribution in [0.3, 0.4) is 0 Å². The number of amides is 1. The average molecular weight is 338 g/mol. The predicted octanol–water partition coefficient (Wildman–Crippen LogP) is 2.52. The summed E-state index contributed by atoms with van der Waals surface area (Å²) in [6.07, 6.45) is 1.06. The minimum Gasteiger partial charge on any atom is -0.459 e. The van der Waals surface area contributed by atoms with Gasteiger partial charge in [-0.1, -0.05) is 0 Å². The maximum Gasteiger partial charge on any atom is 0.357 e. The summed E-state index contributed by atoms with van der Waals surface area (Å²) < 4.78 is 31.3. The number of halogens is 2. The van der Waals surface area contributed by atoms with Crippen molar-refractivity contribution < 1.29 is 23.1 Å². The highest BCUT2D eigenvalue weighted by Gasteiger charge is 2.23. The second-order valence-electron chi connectivity index (χ2n) is 5.07. The maximum absolute atomic E-state index is 13.2. The van der Waals surface area contributed by atoms with E-state index in [0.717, 1.165) is 23.5 Å². The van der Waals surface area contributed by atoms with E-state index < -0.39 is 17.6 Å². The molecule has 0 saturated carbocycles. The molecule has 23 heavy (non-hydrogen) atoms. The molecule has 0 aliphatic carbocycles. The third-order valence-electron chi connectivity index (χ3n) is 3.38. The number of rotatable bonds is 4. The quantitative estimate of drug-likeness (QED) is 0.870. The van der Waals surface area contributed by atoms with Gasteiger partial charge in [0.2, 0.25) is 5.91 Å². The van der Waals surface area contributed by atoms with Crippen molar-refractivity contribution in [2.24, 2.45) is 0 Å². The highest BCUT2D eigenvalue weighted by Crippen LogP contribution is 2.25. The van der Waals surface area contributed by atoms with Gasteiger partial charge in [-0.2, -0.15) is 0 Å². The zero-order chi connectivity index (χ0) is 16.4. The molecule has 1 aliphatic rings. The van der Waals surface area contributed by atoms with E-state index in [1.54, 1.807) is 0 Å². The second-order valence-corrected chi connectivity index (χ2v) is 5.93. The first kappa shape index (κ1) is 15.5. The molecule has 1 aliphatic heterocycles. The topological polar surface area (TPSA) is 68.3 Å². The van der Waals surface area contributed by atoms with Crippen LogP contribution in [0.4, 0.5) is 8.78 Å². The molecule has 1 aromatic heterocycles. The predicted molar refractivity (Wildman–Crippen MR) is 78.9 cm³/mol. The van der Waals surface area contributed by atoms with Gasteiger partial charge < -0.3 is 10.1 Å². The van der Waals surface area contributed by atoms with Gasteiger partial charge in [-0.05, 0) is 24.6 Å². The van der Waals surface area contributed by atoms with Crippen LogP contribution in [0.5, 0.6) is 0 Å². The minimum atomic E-state index is -0.973. The van der Waals surface area contributed by atoms with Crippen LogP contribution in [0, 0.1) is 11.6 Å². The molecular weight excluding hydrogens is 326 g/mol. The molecule has 1 amide bonds. The summed E-state index contributed by atoms with van der Waals surface area (Å²) in [7, 11) is 0. The average Bonchev–Trinajstić information content (AvgIpc) is 3.17. The molecule has 1 saturated heterocycles. The van der Waals surface area contributed by atoms with Gasteiger partial charge in [0, 0.05) is 17.4 Å². The number of hydrogen-bond acceptors (Lipinski definition) is 5. The fourth-order valence-electron chi connectivity index (χ4n) is 2.18. The lowest BCUT2D eigenvalue weighted by Crippen LogP contribution is -2.30. The molecule has 0 radical (unpaired) electrons. The van der Waals surface area contributed by atoms with Crippen molar-refractivity contribution in [2.45, 2.75) is 18.9 Å². The van der Waals surface area contributed by atoms with Crippen LogP contribution in [0.2, 0.25) is 0 Å². The summed E-state index contributed by atoms with van der Waals surface area (Å²) in [5.41, 5.74) is 0.482. The highest BCUT2D eigenvalue weighted by molar-refractivity contribution is 7.13.